The zero-order chi connectivity index (χ0) is 5.70. The van der Waals surface area contributed by atoms with Crippen LogP contribution in [0.3, 0.4) is 0 Å². The van der Waals surface area contributed by atoms with E-state index >= 15 is 0 Å². The van der Waals surface area contributed by atoms with Crippen LogP contribution in [0.4, 0.5) is 0 Å². The number of isothiocyanates is 1. The number of rotatable bonds is 2. The first kappa shape index (κ1) is 6.71. The van der Waals surface area contributed by atoms with E-state index in [0.717, 1.165) is 0 Å². The number of nitrogens with one attached hydrogen (secondary N) is 1. The normalized spacial score (nSPS) is 11.6. The molecule has 0 fully saturated rings. The van der Waals surface area contributed by atoms with Crippen molar-refractivity contribution in [2.45, 2.75) is 0 Å². The van der Waals surface area contributed by atoms with Gasteiger partial charge in [-0.1, -0.05) is 0 Å². The molecule has 0 aromatic rings. The Kier molecular flexibility index (Phi) is 3.72. The molecule has 7 heavy (non-hydrogen) atoms. The van der Waals surface area contributed by atoms with E-state index in [9.17, 15) is 8.76 Å². The zero-order valence-electron chi connectivity index (χ0n) is 3.08. The van der Waals surface area contributed by atoms with E-state index in [1.165, 1.54) is 0 Å². The topological polar surface area (TPSA) is 64.5 Å². The first-order chi connectivity index (χ1) is 3.27. The van der Waals surface area contributed by atoms with Crippen LogP contribution in [0.1, 0.15) is 0 Å². The third kappa shape index (κ3) is 5.71. The van der Waals surface area contributed by atoms with Gasteiger partial charge in [0.1, 0.15) is 0 Å². The van der Waals surface area contributed by atoms with Crippen molar-refractivity contribution < 1.29 is 8.76 Å². The lowest BCUT2D eigenvalue weighted by atomic mass is 11.7. The number of thiocarbonyl (C=S) groups is 1. The summed E-state index contributed by atoms with van der Waals surface area (Å²) in [6.07, 6.45) is 0. The van der Waals surface area contributed by atoms with Gasteiger partial charge in [-0.05, 0) is 12.2 Å². The Morgan fingerprint density at radius 2 is 2.57 bits per heavy atom. The first-order valence-electron chi connectivity index (χ1n) is 1.19. The predicted molar refractivity (Wildman–Crippen MR) is 27.1 cm³/mol. The Labute approximate surface area is 48.0 Å². The summed E-state index contributed by atoms with van der Waals surface area (Å²) in [7, 11) is 0. The fourth-order valence-electron chi connectivity index (χ4n) is 0.0559. The zero-order valence-corrected chi connectivity index (χ0v) is 4.71. The van der Waals surface area contributed by atoms with Crippen LogP contribution >= 0.6 is 12.2 Å². The summed E-state index contributed by atoms with van der Waals surface area (Å²) in [6.45, 7) is 0. The van der Waals surface area contributed by atoms with E-state index in [1.54, 1.807) is 9.99 Å². The summed E-state index contributed by atoms with van der Waals surface area (Å²) in [5.74, 6) is 0. The van der Waals surface area contributed by atoms with Gasteiger partial charge in [0.25, 0.3) is 0 Å². The maximum Gasteiger partial charge on any atom is 0.0854 e. The second-order valence-corrected chi connectivity index (χ2v) is 1.36. The van der Waals surface area contributed by atoms with Crippen molar-refractivity contribution >= 4 is 28.6 Å². The average Bonchev–Trinajstić information content (AvgIpc) is 1.61. The highest BCUT2D eigenvalue weighted by Gasteiger charge is 1.64. The van der Waals surface area contributed by atoms with Crippen LogP contribution in [0.25, 0.3) is 0 Å². The number of hydrogen-bond acceptors (Lipinski definition) is 4. The third-order valence-corrected chi connectivity index (χ3v) is 0.497. The first-order valence-corrected chi connectivity index (χ1v) is 2.67. The molecule has 0 aliphatic rings. The van der Waals surface area contributed by atoms with Gasteiger partial charge in [0.15, 0.2) is 0 Å². The van der Waals surface area contributed by atoms with Gasteiger partial charge in [-0.3, -0.25) is 4.21 Å². The van der Waals surface area contributed by atoms with Gasteiger partial charge in [0.05, 0.1) is 16.4 Å². The lowest BCUT2D eigenvalue weighted by Gasteiger charge is -1.96. The molecule has 6 heteroatoms. The van der Waals surface area contributed by atoms with E-state index in [0.29, 0.717) is 0 Å². The van der Waals surface area contributed by atoms with Crippen LogP contribution in [0.15, 0.2) is 5.10 Å². The number of hydrazone groups is 1. The smallest absolute Gasteiger partial charge is 0.0854 e. The minimum absolute atomic E-state index is 1.62. The molecule has 0 spiro atoms. The van der Waals surface area contributed by atoms with Gasteiger partial charge in [-0.15, -0.1) is 5.10 Å². The summed E-state index contributed by atoms with van der Waals surface area (Å²) in [5, 5.41) is 4.68. The average molecular weight is 137 g/mol. The minimum Gasteiger partial charge on any atom is -0.754 e. The molecule has 40 valence electrons. The Morgan fingerprint density at radius 1 is 2.00 bits per heavy atom. The highest BCUT2D eigenvalue weighted by atomic mass is 32.2. The molecule has 1 atom stereocenters. The van der Waals surface area contributed by atoms with Gasteiger partial charge < -0.3 is 4.55 Å². The van der Waals surface area contributed by atoms with Gasteiger partial charge >= 0.3 is 0 Å². The van der Waals surface area contributed by atoms with Crippen molar-refractivity contribution in [2.24, 2.45) is 5.10 Å². The van der Waals surface area contributed by atoms with Gasteiger partial charge in [-0.25, -0.2) is 4.83 Å². The highest BCUT2D eigenvalue weighted by molar-refractivity contribution is 7.78. The Balaban J connectivity index is 3.32. The van der Waals surface area contributed by atoms with Crippen LogP contribution in [0.5, 0.6) is 0 Å². The van der Waals surface area contributed by atoms with Crippen molar-refractivity contribution in [1.82, 2.24) is 4.83 Å². The maximum absolute atomic E-state index is 9.47. The van der Waals surface area contributed by atoms with Crippen LogP contribution < -0.4 is 4.83 Å². The summed E-state index contributed by atoms with van der Waals surface area (Å²) >= 11 is 1.66. The van der Waals surface area contributed by atoms with E-state index in [-0.39, 0.29) is 0 Å². The molecule has 0 saturated heterocycles. The maximum atomic E-state index is 9.47. The Hall–Kier alpha value is -0.290. The summed E-state index contributed by atoms with van der Waals surface area (Å²) in [6, 6.07) is 0. The molecule has 0 aromatic heterocycles. The van der Waals surface area contributed by atoms with Crippen molar-refractivity contribution in [1.29, 1.82) is 0 Å². The third-order valence-electron chi connectivity index (χ3n) is 0.166. The number of hydrogen-bond donors (Lipinski definition) is 1. The molecule has 0 rings (SSSR count). The largest absolute Gasteiger partial charge is 0.754 e. The van der Waals surface area contributed by atoms with Crippen LogP contribution in [0, 0.1) is 0 Å². The van der Waals surface area contributed by atoms with E-state index < -0.39 is 11.3 Å². The quantitative estimate of drug-likeness (QED) is 0.239. The molecule has 0 amide bonds. The summed E-state index contributed by atoms with van der Waals surface area (Å²) < 4.78 is 18.9. The van der Waals surface area contributed by atoms with E-state index in [2.05, 4.69) is 17.3 Å². The summed E-state index contributed by atoms with van der Waals surface area (Å²) in [5.41, 5.74) is 0. The van der Waals surface area contributed by atoms with Crippen molar-refractivity contribution in [3.8, 4) is 0 Å². The predicted octanol–water partition coefficient (Wildman–Crippen LogP) is -0.612. The fourth-order valence-corrected chi connectivity index (χ4v) is 0.280. The monoisotopic (exact) mass is 137 g/mol. The molecule has 0 aliphatic heterocycles. The molecule has 1 unspecified atom stereocenters. The van der Waals surface area contributed by atoms with E-state index in [1.807, 2.05) is 0 Å². The standard InChI is InChI=1S/CH2N2O2S2/c4-7(5)3-2-1-6/h3H,(H,4,5)/p-1. The highest BCUT2D eigenvalue weighted by Crippen LogP contribution is 1.57. The minimum atomic E-state index is -2.36. The Bertz CT molecular complexity index is 117. The molecule has 0 heterocycles. The van der Waals surface area contributed by atoms with Crippen LogP contribution in [-0.2, 0) is 11.3 Å². The molecule has 0 aliphatic carbocycles. The lowest BCUT2D eigenvalue weighted by molar-refractivity contribution is 0.525. The summed E-state index contributed by atoms with van der Waals surface area (Å²) in [4.78, 5) is 1.62. The second-order valence-electron chi connectivity index (χ2n) is 0.529. The molecule has 0 bridgehead atoms. The number of nitrogens with zero attached hydrogens (tertiary/aromatic N) is 1. The molecular formula is CHN2O2S2-. The molecule has 1 N–H and O–H groups in total. The molecule has 0 aromatic carbocycles. The lowest BCUT2D eigenvalue weighted by Crippen LogP contribution is -2.06. The van der Waals surface area contributed by atoms with E-state index in [4.69, 9.17) is 0 Å². The van der Waals surface area contributed by atoms with Crippen molar-refractivity contribution in [3.05, 3.63) is 0 Å². The molecule has 0 saturated carbocycles. The van der Waals surface area contributed by atoms with Gasteiger partial charge in [-0.2, -0.15) is 0 Å². The van der Waals surface area contributed by atoms with Crippen LogP contribution in [0.2, 0.25) is 0 Å². The fraction of sp³-hybridized carbons (Fsp3) is 0. The van der Waals surface area contributed by atoms with Crippen molar-refractivity contribution in [3.63, 3.8) is 0 Å². The molecular weight excluding hydrogens is 136 g/mol. The molecule has 4 nitrogen and oxygen atoms in total. The Morgan fingerprint density at radius 3 is 2.71 bits per heavy atom. The molecule has 0 radical (unpaired) electrons. The van der Waals surface area contributed by atoms with Crippen LogP contribution in [-0.4, -0.2) is 13.9 Å². The SMILES string of the molecule is O=S([O-])NN=C=S. The van der Waals surface area contributed by atoms with Gasteiger partial charge in [0.2, 0.25) is 0 Å². The van der Waals surface area contributed by atoms with Gasteiger partial charge in [0, 0.05) is 0 Å². The van der Waals surface area contributed by atoms with Crippen molar-refractivity contribution in [2.75, 3.05) is 0 Å². The second kappa shape index (κ2) is 3.89.